The second kappa shape index (κ2) is 11.9. The molecule has 3 nitrogen and oxygen atoms in total. The molecule has 0 rings (SSSR count). The van der Waals surface area contributed by atoms with E-state index in [0.29, 0.717) is 17.8 Å². The third-order valence-corrected chi connectivity index (χ3v) is 3.49. The molecule has 0 aliphatic heterocycles. The van der Waals surface area contributed by atoms with E-state index in [1.165, 1.54) is 0 Å². The van der Waals surface area contributed by atoms with Gasteiger partial charge in [0.05, 0.1) is 0 Å². The summed E-state index contributed by atoms with van der Waals surface area (Å²) in [6, 6.07) is 0. The molecule has 0 radical (unpaired) electrons. The van der Waals surface area contributed by atoms with Crippen molar-refractivity contribution in [3.63, 3.8) is 0 Å². The van der Waals surface area contributed by atoms with Crippen LogP contribution in [0.25, 0.3) is 0 Å². The minimum atomic E-state index is -2.18. The Hall–Kier alpha value is 0.884. The molecule has 17 heavy (non-hydrogen) atoms. The van der Waals surface area contributed by atoms with Crippen molar-refractivity contribution in [2.75, 3.05) is 19.8 Å². The van der Waals surface area contributed by atoms with E-state index < -0.39 is 19.0 Å². The molecular formula is C12H28ClO3Ti. The molecule has 0 N–H and O–H groups in total. The van der Waals surface area contributed by atoms with Crippen molar-refractivity contribution in [3.8, 4) is 0 Å². The molecule has 0 amide bonds. The van der Waals surface area contributed by atoms with Crippen molar-refractivity contribution in [1.29, 1.82) is 0 Å². The molecule has 0 fully saturated rings. The molecule has 0 aromatic rings. The van der Waals surface area contributed by atoms with E-state index in [2.05, 4.69) is 41.5 Å². The average Bonchev–Trinajstić information content (AvgIpc) is 2.15. The normalized spacial score (nSPS) is 11.1. The van der Waals surface area contributed by atoms with Crippen molar-refractivity contribution >= 4 is 12.4 Å². The quantitative estimate of drug-likeness (QED) is 0.607. The van der Waals surface area contributed by atoms with Crippen LogP contribution in [-0.4, -0.2) is 19.8 Å². The van der Waals surface area contributed by atoms with Crippen LogP contribution in [0.2, 0.25) is 0 Å². The first kappa shape index (κ1) is 20.2. The number of hydrogen-bond acceptors (Lipinski definition) is 3. The summed E-state index contributed by atoms with van der Waals surface area (Å²) in [5.41, 5.74) is 0. The molecule has 0 aliphatic rings. The summed E-state index contributed by atoms with van der Waals surface area (Å²) in [5.74, 6) is 1.60. The van der Waals surface area contributed by atoms with Gasteiger partial charge < -0.3 is 0 Å². The SMILES string of the molecule is CC(C)C[O][Ti]([O]CC(C)C)[O]CC(C)C.Cl. The van der Waals surface area contributed by atoms with Gasteiger partial charge in [-0.3, -0.25) is 0 Å². The largest absolute Gasteiger partial charge is 0.147 e. The van der Waals surface area contributed by atoms with Crippen LogP contribution in [0.1, 0.15) is 41.5 Å². The van der Waals surface area contributed by atoms with Crippen LogP contribution < -0.4 is 0 Å². The monoisotopic (exact) mass is 303 g/mol. The van der Waals surface area contributed by atoms with Crippen LogP contribution in [0.15, 0.2) is 0 Å². The molecule has 5 heteroatoms. The van der Waals surface area contributed by atoms with Crippen LogP contribution in [0.5, 0.6) is 0 Å². The summed E-state index contributed by atoms with van der Waals surface area (Å²) < 4.78 is 17.2. The molecule has 0 bridgehead atoms. The minimum absolute atomic E-state index is 0. The minimum Gasteiger partial charge on any atom is -0.147 e. The maximum Gasteiger partial charge on any atom is -0.147 e. The Morgan fingerprint density at radius 1 is 0.647 bits per heavy atom. The summed E-state index contributed by atoms with van der Waals surface area (Å²) in [6.45, 7) is 15.1. The molecule has 0 spiro atoms. The van der Waals surface area contributed by atoms with E-state index in [4.69, 9.17) is 9.96 Å². The molecule has 0 unspecified atom stereocenters. The molecule has 0 saturated heterocycles. The summed E-state index contributed by atoms with van der Waals surface area (Å²) in [6.07, 6.45) is 0. The average molecular weight is 304 g/mol. The molecule has 0 heterocycles. The molecule has 0 saturated carbocycles. The van der Waals surface area contributed by atoms with Gasteiger partial charge in [0.15, 0.2) is 0 Å². The molecular weight excluding hydrogens is 275 g/mol. The van der Waals surface area contributed by atoms with Crippen molar-refractivity contribution in [2.45, 2.75) is 41.5 Å². The fourth-order valence-corrected chi connectivity index (χ4v) is 3.42. The fraction of sp³-hybridized carbons (Fsp3) is 1.00. The number of hydrogen-bond donors (Lipinski definition) is 0. The predicted octanol–water partition coefficient (Wildman–Crippen LogP) is 3.79. The smallest absolute Gasteiger partial charge is 0.147 e. The Bertz CT molecular complexity index is 137. The Morgan fingerprint density at radius 3 is 1.06 bits per heavy atom. The first-order valence-corrected chi connectivity index (χ1v) is 8.08. The van der Waals surface area contributed by atoms with E-state index >= 15 is 0 Å². The van der Waals surface area contributed by atoms with Gasteiger partial charge >= 0.3 is 108 Å². The third-order valence-electron chi connectivity index (χ3n) is 1.60. The zero-order valence-corrected chi connectivity index (χ0v) is 14.4. The Balaban J connectivity index is 0. The van der Waals surface area contributed by atoms with E-state index in [1.54, 1.807) is 0 Å². The summed E-state index contributed by atoms with van der Waals surface area (Å²) in [4.78, 5) is 0. The summed E-state index contributed by atoms with van der Waals surface area (Å²) >= 11 is -2.18. The van der Waals surface area contributed by atoms with Gasteiger partial charge in [-0.2, -0.15) is 0 Å². The molecule has 0 atom stereocenters. The van der Waals surface area contributed by atoms with Gasteiger partial charge in [-0.1, -0.05) is 0 Å². The van der Waals surface area contributed by atoms with Crippen molar-refractivity contribution in [2.24, 2.45) is 17.8 Å². The van der Waals surface area contributed by atoms with Crippen LogP contribution in [-0.2, 0) is 29.0 Å². The van der Waals surface area contributed by atoms with Gasteiger partial charge in [-0.15, -0.1) is 12.4 Å². The zero-order chi connectivity index (χ0) is 12.6. The Morgan fingerprint density at radius 2 is 0.882 bits per heavy atom. The summed E-state index contributed by atoms with van der Waals surface area (Å²) in [7, 11) is 0. The Labute approximate surface area is 120 Å². The predicted molar refractivity (Wildman–Crippen MR) is 69.6 cm³/mol. The topological polar surface area (TPSA) is 27.7 Å². The standard InChI is InChI=1S/3C4H9O.ClH.Ti/c3*1-4(2)3-5;;/h3*4H,3H2,1-2H3;1H;/q3*-1;;+3. The molecule has 0 aromatic heterocycles. The summed E-state index contributed by atoms with van der Waals surface area (Å²) in [5, 5.41) is 0. The molecule has 0 aromatic carbocycles. The second-order valence-corrected chi connectivity index (χ2v) is 7.50. The fourth-order valence-electron chi connectivity index (χ4n) is 0.829. The second-order valence-electron chi connectivity index (χ2n) is 5.36. The number of rotatable bonds is 9. The van der Waals surface area contributed by atoms with Gasteiger partial charge in [-0.05, 0) is 0 Å². The zero-order valence-electron chi connectivity index (χ0n) is 12.0. The maximum absolute atomic E-state index is 5.73. The van der Waals surface area contributed by atoms with Crippen LogP contribution in [0.3, 0.4) is 0 Å². The maximum atomic E-state index is 5.73. The first-order valence-electron chi connectivity index (χ1n) is 6.17. The van der Waals surface area contributed by atoms with Gasteiger partial charge in [-0.25, -0.2) is 0 Å². The van der Waals surface area contributed by atoms with Crippen LogP contribution >= 0.6 is 12.4 Å². The van der Waals surface area contributed by atoms with Crippen molar-refractivity contribution < 1.29 is 29.0 Å². The van der Waals surface area contributed by atoms with Gasteiger partial charge in [0, 0.05) is 0 Å². The van der Waals surface area contributed by atoms with E-state index in [0.717, 1.165) is 19.8 Å². The van der Waals surface area contributed by atoms with E-state index in [-0.39, 0.29) is 12.4 Å². The number of halogens is 1. The van der Waals surface area contributed by atoms with Crippen LogP contribution in [0, 0.1) is 17.8 Å². The molecule has 105 valence electrons. The van der Waals surface area contributed by atoms with E-state index in [1.807, 2.05) is 0 Å². The van der Waals surface area contributed by atoms with Gasteiger partial charge in [0.25, 0.3) is 0 Å². The third kappa shape index (κ3) is 14.8. The van der Waals surface area contributed by atoms with Crippen LogP contribution in [0.4, 0.5) is 0 Å². The van der Waals surface area contributed by atoms with E-state index in [9.17, 15) is 0 Å². The first-order chi connectivity index (χ1) is 7.41. The Kier molecular flexibility index (Phi) is 14.2. The van der Waals surface area contributed by atoms with Crippen molar-refractivity contribution in [1.82, 2.24) is 0 Å². The van der Waals surface area contributed by atoms with Gasteiger partial charge in [0.1, 0.15) is 0 Å². The molecule has 0 aliphatic carbocycles. The van der Waals surface area contributed by atoms with Crippen molar-refractivity contribution in [3.05, 3.63) is 0 Å². The van der Waals surface area contributed by atoms with Gasteiger partial charge in [0.2, 0.25) is 0 Å².